The van der Waals surface area contributed by atoms with E-state index in [2.05, 4.69) is 16.2 Å². The average molecular weight is 404 g/mol. The zero-order chi connectivity index (χ0) is 20.4. The smallest absolute Gasteiger partial charge is 0.276 e. The Hall–Kier alpha value is -3.00. The Balaban J connectivity index is 1.67. The van der Waals surface area contributed by atoms with Gasteiger partial charge in [-0.05, 0) is 54.9 Å². The lowest BCUT2D eigenvalue weighted by Gasteiger charge is -2.13. The number of hydrogen-bond acceptors (Lipinski definition) is 5. The maximum absolute atomic E-state index is 11.8. The maximum Gasteiger partial charge on any atom is 0.276 e. The number of amides is 1. The third-order valence-corrected chi connectivity index (χ3v) is 4.16. The van der Waals surface area contributed by atoms with Crippen LogP contribution in [0.15, 0.2) is 42.5 Å². The molecule has 3 N–H and O–H groups in total. The molecule has 0 fully saturated rings. The Morgan fingerprint density at radius 1 is 1.00 bits per heavy atom. The van der Waals surface area contributed by atoms with E-state index in [0.29, 0.717) is 28.9 Å². The molecule has 8 heteroatoms. The standard InChI is InChI=1S/C20H25N3O4S/c1-14-6-4-5-7-16(14)27-13-19(24)22-23-20(28)21-11-10-15-8-9-17(25-2)18(12-15)26-3/h4-9,12H,10-11,13H2,1-3H3,(H,22,24)(H2,21,23,28). The van der Waals surface area contributed by atoms with Gasteiger partial charge in [0.1, 0.15) is 5.75 Å². The van der Waals surface area contributed by atoms with E-state index in [1.807, 2.05) is 49.4 Å². The molecular weight excluding hydrogens is 378 g/mol. The second-order valence-electron chi connectivity index (χ2n) is 5.92. The average Bonchev–Trinajstić information content (AvgIpc) is 2.71. The SMILES string of the molecule is COc1ccc(CCNC(=S)NNC(=O)COc2ccccc2C)cc1OC. The summed E-state index contributed by atoms with van der Waals surface area (Å²) in [4.78, 5) is 11.8. The Morgan fingerprint density at radius 3 is 2.46 bits per heavy atom. The Morgan fingerprint density at radius 2 is 1.75 bits per heavy atom. The van der Waals surface area contributed by atoms with Crippen LogP contribution in [0, 0.1) is 6.92 Å². The molecule has 0 radical (unpaired) electrons. The Kier molecular flexibility index (Phi) is 8.36. The molecule has 0 spiro atoms. The van der Waals surface area contributed by atoms with E-state index in [4.69, 9.17) is 26.4 Å². The summed E-state index contributed by atoms with van der Waals surface area (Å²) in [6, 6.07) is 13.2. The highest BCUT2D eigenvalue weighted by Gasteiger charge is 2.06. The number of benzene rings is 2. The number of aryl methyl sites for hydroxylation is 1. The van der Waals surface area contributed by atoms with Crippen LogP contribution in [-0.4, -0.2) is 38.4 Å². The molecule has 0 aliphatic rings. The Labute approximate surface area is 170 Å². The molecule has 0 saturated carbocycles. The van der Waals surface area contributed by atoms with Gasteiger partial charge >= 0.3 is 0 Å². The maximum atomic E-state index is 11.8. The van der Waals surface area contributed by atoms with Crippen LogP contribution in [0.1, 0.15) is 11.1 Å². The van der Waals surface area contributed by atoms with Crippen molar-refractivity contribution < 1.29 is 19.0 Å². The van der Waals surface area contributed by atoms with Gasteiger partial charge in [-0.1, -0.05) is 24.3 Å². The van der Waals surface area contributed by atoms with Crippen molar-refractivity contribution in [1.82, 2.24) is 16.2 Å². The van der Waals surface area contributed by atoms with E-state index in [0.717, 1.165) is 17.5 Å². The predicted molar refractivity (Wildman–Crippen MR) is 112 cm³/mol. The van der Waals surface area contributed by atoms with Crippen LogP contribution in [0.25, 0.3) is 0 Å². The van der Waals surface area contributed by atoms with Gasteiger partial charge in [-0.25, -0.2) is 0 Å². The minimum Gasteiger partial charge on any atom is -0.493 e. The van der Waals surface area contributed by atoms with E-state index in [1.54, 1.807) is 14.2 Å². The van der Waals surface area contributed by atoms with Gasteiger partial charge in [0.15, 0.2) is 23.2 Å². The predicted octanol–water partition coefficient (Wildman–Crippen LogP) is 2.13. The van der Waals surface area contributed by atoms with Crippen molar-refractivity contribution in [2.75, 3.05) is 27.4 Å². The number of ether oxygens (including phenoxy) is 3. The fourth-order valence-corrected chi connectivity index (χ4v) is 2.58. The van der Waals surface area contributed by atoms with Gasteiger partial charge in [0, 0.05) is 6.54 Å². The second-order valence-corrected chi connectivity index (χ2v) is 6.33. The van der Waals surface area contributed by atoms with Crippen molar-refractivity contribution >= 4 is 23.2 Å². The highest BCUT2D eigenvalue weighted by molar-refractivity contribution is 7.80. The first-order chi connectivity index (χ1) is 13.5. The highest BCUT2D eigenvalue weighted by atomic mass is 32.1. The number of hydrazine groups is 1. The third-order valence-electron chi connectivity index (χ3n) is 3.91. The fraction of sp³-hybridized carbons (Fsp3) is 0.300. The number of carbonyl (C=O) groups excluding carboxylic acids is 1. The van der Waals surface area contributed by atoms with Crippen molar-refractivity contribution in [2.24, 2.45) is 0 Å². The quantitative estimate of drug-likeness (QED) is 0.460. The van der Waals surface area contributed by atoms with Gasteiger partial charge in [-0.2, -0.15) is 0 Å². The summed E-state index contributed by atoms with van der Waals surface area (Å²) >= 11 is 5.15. The summed E-state index contributed by atoms with van der Waals surface area (Å²) in [6.45, 7) is 2.41. The zero-order valence-corrected chi connectivity index (χ0v) is 17.0. The summed E-state index contributed by atoms with van der Waals surface area (Å²) < 4.78 is 16.0. The summed E-state index contributed by atoms with van der Waals surface area (Å²) in [5, 5.41) is 3.35. The number of thiocarbonyl (C=S) groups is 1. The van der Waals surface area contributed by atoms with Crippen molar-refractivity contribution in [3.63, 3.8) is 0 Å². The first kappa shape index (κ1) is 21.3. The minimum atomic E-state index is -0.327. The summed E-state index contributed by atoms with van der Waals surface area (Å²) in [7, 11) is 3.20. The summed E-state index contributed by atoms with van der Waals surface area (Å²) in [5.74, 6) is 1.72. The van der Waals surface area contributed by atoms with E-state index >= 15 is 0 Å². The van der Waals surface area contributed by atoms with Gasteiger partial charge in [0.05, 0.1) is 14.2 Å². The molecule has 7 nitrogen and oxygen atoms in total. The highest BCUT2D eigenvalue weighted by Crippen LogP contribution is 2.27. The molecule has 0 aromatic heterocycles. The van der Waals surface area contributed by atoms with Crippen LogP contribution in [0.3, 0.4) is 0 Å². The van der Waals surface area contributed by atoms with Gasteiger partial charge in [0.2, 0.25) is 0 Å². The number of carbonyl (C=O) groups is 1. The lowest BCUT2D eigenvalue weighted by molar-refractivity contribution is -0.123. The summed E-state index contributed by atoms with van der Waals surface area (Å²) in [6.07, 6.45) is 0.729. The first-order valence-corrected chi connectivity index (χ1v) is 9.16. The van der Waals surface area contributed by atoms with Gasteiger partial charge in [-0.3, -0.25) is 15.6 Å². The van der Waals surface area contributed by atoms with Gasteiger partial charge in [-0.15, -0.1) is 0 Å². The van der Waals surface area contributed by atoms with Crippen LogP contribution < -0.4 is 30.4 Å². The van der Waals surface area contributed by atoms with E-state index in [1.165, 1.54) is 0 Å². The largest absolute Gasteiger partial charge is 0.493 e. The molecule has 1 amide bonds. The monoisotopic (exact) mass is 403 g/mol. The van der Waals surface area contributed by atoms with Crippen molar-refractivity contribution in [3.05, 3.63) is 53.6 Å². The molecule has 0 saturated heterocycles. The molecule has 2 aromatic carbocycles. The van der Waals surface area contributed by atoms with E-state index in [-0.39, 0.29) is 12.5 Å². The van der Waals surface area contributed by atoms with Crippen molar-refractivity contribution in [1.29, 1.82) is 0 Å². The third kappa shape index (κ3) is 6.62. The zero-order valence-electron chi connectivity index (χ0n) is 16.2. The Bertz CT molecular complexity index is 814. The van der Waals surface area contributed by atoms with Crippen LogP contribution in [0.4, 0.5) is 0 Å². The van der Waals surface area contributed by atoms with E-state index in [9.17, 15) is 4.79 Å². The van der Waals surface area contributed by atoms with Gasteiger partial charge in [0.25, 0.3) is 5.91 Å². The van der Waals surface area contributed by atoms with Crippen LogP contribution in [0.5, 0.6) is 17.2 Å². The molecular formula is C20H25N3O4S. The number of para-hydroxylation sites is 1. The number of hydrogen-bond donors (Lipinski definition) is 3. The molecule has 2 rings (SSSR count). The minimum absolute atomic E-state index is 0.105. The van der Waals surface area contributed by atoms with Crippen LogP contribution >= 0.6 is 12.2 Å². The van der Waals surface area contributed by atoms with Crippen LogP contribution in [-0.2, 0) is 11.2 Å². The van der Waals surface area contributed by atoms with Gasteiger partial charge < -0.3 is 19.5 Å². The fourth-order valence-electron chi connectivity index (χ4n) is 2.42. The number of methoxy groups -OCH3 is 2. The molecule has 28 heavy (non-hydrogen) atoms. The molecule has 150 valence electrons. The lowest BCUT2D eigenvalue weighted by atomic mass is 10.1. The second kappa shape index (κ2) is 11.0. The molecule has 0 heterocycles. The van der Waals surface area contributed by atoms with Crippen LogP contribution in [0.2, 0.25) is 0 Å². The molecule has 0 bridgehead atoms. The molecule has 0 aliphatic carbocycles. The number of nitrogens with one attached hydrogen (secondary N) is 3. The molecule has 0 aliphatic heterocycles. The normalized spacial score (nSPS) is 9.96. The topological polar surface area (TPSA) is 80.9 Å². The first-order valence-electron chi connectivity index (χ1n) is 8.75. The van der Waals surface area contributed by atoms with Crippen molar-refractivity contribution in [3.8, 4) is 17.2 Å². The number of rotatable bonds is 8. The molecule has 0 unspecified atom stereocenters. The lowest BCUT2D eigenvalue weighted by Crippen LogP contribution is -2.48. The molecule has 2 aromatic rings. The van der Waals surface area contributed by atoms with Crippen molar-refractivity contribution in [2.45, 2.75) is 13.3 Å². The summed E-state index contributed by atoms with van der Waals surface area (Å²) in [5.41, 5.74) is 7.20. The molecule has 0 atom stereocenters. The van der Waals surface area contributed by atoms with E-state index < -0.39 is 0 Å².